The number of Topliss-reactive ketones (excluding diaryl/α,β-unsaturated/α-hetero) is 1. The Morgan fingerprint density at radius 2 is 2.00 bits per heavy atom. The van der Waals surface area contributed by atoms with Gasteiger partial charge in [0.05, 0.1) is 30.7 Å². The lowest BCUT2D eigenvalue weighted by Crippen LogP contribution is -2.33. The smallest absolute Gasteiger partial charge is 0.341 e. The Morgan fingerprint density at radius 3 is 2.68 bits per heavy atom. The molecule has 2 aromatic carbocycles. The molecule has 1 heterocycles. The third-order valence-electron chi connectivity index (χ3n) is 7.16. The van der Waals surface area contributed by atoms with Crippen molar-refractivity contribution in [2.24, 2.45) is 16.8 Å². The minimum Gasteiger partial charge on any atom is -0.497 e. The lowest BCUT2D eigenvalue weighted by atomic mass is 9.70. The molecule has 7 nitrogen and oxygen atoms in total. The van der Waals surface area contributed by atoms with Crippen LogP contribution in [0, 0.1) is 23.2 Å². The Bertz CT molecular complexity index is 1360. The van der Waals surface area contributed by atoms with E-state index in [-0.39, 0.29) is 23.9 Å². The van der Waals surface area contributed by atoms with E-state index in [9.17, 15) is 14.9 Å². The van der Waals surface area contributed by atoms with Crippen molar-refractivity contribution in [2.75, 3.05) is 14.2 Å². The molecule has 0 radical (unpaired) electrons. The van der Waals surface area contributed by atoms with Crippen LogP contribution in [0.4, 0.5) is 0 Å². The molecule has 0 amide bonds. The number of halogens is 1. The van der Waals surface area contributed by atoms with Gasteiger partial charge in [-0.2, -0.15) is 5.26 Å². The maximum atomic E-state index is 13.4. The first-order valence-corrected chi connectivity index (χ1v) is 13.5. The molecule has 0 saturated carbocycles. The van der Waals surface area contributed by atoms with Gasteiger partial charge in [0.2, 0.25) is 0 Å². The summed E-state index contributed by atoms with van der Waals surface area (Å²) in [6.07, 6.45) is 3.12. The Labute approximate surface area is 231 Å². The molecule has 4 rings (SSSR count). The first-order valence-electron chi connectivity index (χ1n) is 12.7. The summed E-state index contributed by atoms with van der Waals surface area (Å²) in [5, 5.41) is 10.1. The molecule has 0 saturated heterocycles. The number of ketones is 1. The Kier molecular flexibility index (Phi) is 8.68. The monoisotopic (exact) mass is 578 g/mol. The number of rotatable bonds is 8. The van der Waals surface area contributed by atoms with Crippen LogP contribution in [-0.2, 0) is 16.1 Å². The van der Waals surface area contributed by atoms with Gasteiger partial charge in [0.15, 0.2) is 5.78 Å². The van der Waals surface area contributed by atoms with Gasteiger partial charge in [-0.1, -0.05) is 25.5 Å². The van der Waals surface area contributed by atoms with Gasteiger partial charge in [0.1, 0.15) is 23.7 Å². The Morgan fingerprint density at radius 1 is 1.21 bits per heavy atom. The first kappa shape index (κ1) is 27.6. The van der Waals surface area contributed by atoms with Crippen molar-refractivity contribution in [1.29, 1.82) is 5.26 Å². The van der Waals surface area contributed by atoms with Crippen molar-refractivity contribution in [3.05, 3.63) is 68.8 Å². The van der Waals surface area contributed by atoms with Crippen LogP contribution in [0.5, 0.6) is 11.5 Å². The topological polar surface area (TPSA) is 98.0 Å². The molecule has 0 fully saturated rings. The van der Waals surface area contributed by atoms with E-state index < -0.39 is 17.8 Å². The predicted molar refractivity (Wildman–Crippen MR) is 147 cm³/mol. The number of esters is 1. The SMILES string of the molecule is CCCC1CC(=O)C2=C(C1)N=C(C)C(C#N)C2c1cc(Br)c(OCc2cccc(OC)c2)c(C(=O)OC)c1. The van der Waals surface area contributed by atoms with E-state index in [1.54, 1.807) is 13.2 Å². The average molecular weight is 579 g/mol. The van der Waals surface area contributed by atoms with Crippen LogP contribution in [0.25, 0.3) is 0 Å². The third-order valence-corrected chi connectivity index (χ3v) is 7.75. The summed E-state index contributed by atoms with van der Waals surface area (Å²) < 4.78 is 17.0. The Hall–Kier alpha value is -3.44. The standard InChI is InChI=1S/C30H31BrN2O5/c1-5-7-18-11-25-28(26(34)12-18)27(23(15-32)17(2)33-25)20-13-22(30(35)37-4)29(24(31)14-20)38-16-19-8-6-9-21(10-19)36-3/h6,8-10,13-14,18,23,27H,5,7,11-12,16H2,1-4H3. The molecule has 2 aliphatic rings. The zero-order valence-corrected chi connectivity index (χ0v) is 23.6. The number of hydrogen-bond donors (Lipinski definition) is 0. The fourth-order valence-electron chi connectivity index (χ4n) is 5.40. The van der Waals surface area contributed by atoms with Crippen molar-refractivity contribution in [1.82, 2.24) is 0 Å². The van der Waals surface area contributed by atoms with Crippen molar-refractivity contribution in [3.8, 4) is 17.6 Å². The van der Waals surface area contributed by atoms with E-state index in [4.69, 9.17) is 19.2 Å². The molecule has 198 valence electrons. The van der Waals surface area contributed by atoms with E-state index in [1.807, 2.05) is 37.3 Å². The number of methoxy groups -OCH3 is 2. The molecule has 0 spiro atoms. The van der Waals surface area contributed by atoms with Crippen LogP contribution in [-0.4, -0.2) is 31.7 Å². The molecule has 0 N–H and O–H groups in total. The minimum absolute atomic E-state index is 0.0280. The summed E-state index contributed by atoms with van der Waals surface area (Å²) in [4.78, 5) is 31.0. The average Bonchev–Trinajstić information content (AvgIpc) is 2.91. The van der Waals surface area contributed by atoms with Crippen molar-refractivity contribution >= 4 is 33.4 Å². The second kappa shape index (κ2) is 12.0. The molecule has 3 atom stereocenters. The number of allylic oxidation sites excluding steroid dienone is 2. The fourth-order valence-corrected chi connectivity index (χ4v) is 5.99. The largest absolute Gasteiger partial charge is 0.497 e. The summed E-state index contributed by atoms with van der Waals surface area (Å²) in [6, 6.07) is 13.3. The van der Waals surface area contributed by atoms with Gasteiger partial charge in [-0.05, 0) is 77.0 Å². The molecule has 8 heteroatoms. The van der Waals surface area contributed by atoms with Crippen molar-refractivity contribution in [2.45, 2.75) is 52.1 Å². The number of nitrogens with zero attached hydrogens (tertiary/aromatic N) is 2. The van der Waals surface area contributed by atoms with Gasteiger partial charge in [0, 0.05) is 29.3 Å². The molecular formula is C30H31BrN2O5. The quantitative estimate of drug-likeness (QED) is 0.329. The zero-order valence-electron chi connectivity index (χ0n) is 22.0. The molecule has 0 aromatic heterocycles. The summed E-state index contributed by atoms with van der Waals surface area (Å²) in [6.45, 7) is 4.14. The van der Waals surface area contributed by atoms with E-state index in [2.05, 4.69) is 28.9 Å². The van der Waals surface area contributed by atoms with E-state index in [1.165, 1.54) is 7.11 Å². The van der Waals surface area contributed by atoms with Crippen LogP contribution in [0.15, 0.2) is 57.1 Å². The van der Waals surface area contributed by atoms with Crippen LogP contribution < -0.4 is 9.47 Å². The van der Waals surface area contributed by atoms with Crippen molar-refractivity contribution < 1.29 is 23.8 Å². The van der Waals surface area contributed by atoms with Crippen LogP contribution >= 0.6 is 15.9 Å². The normalized spacial score (nSPS) is 20.8. The first-order chi connectivity index (χ1) is 18.3. The van der Waals surface area contributed by atoms with Gasteiger partial charge in [-0.25, -0.2) is 4.79 Å². The van der Waals surface area contributed by atoms with Crippen LogP contribution in [0.3, 0.4) is 0 Å². The Balaban J connectivity index is 1.77. The molecule has 0 bridgehead atoms. The predicted octanol–water partition coefficient (Wildman–Crippen LogP) is 6.55. The summed E-state index contributed by atoms with van der Waals surface area (Å²) >= 11 is 3.58. The molecule has 2 aromatic rings. The number of carbonyl (C=O) groups is 2. The minimum atomic E-state index is -0.624. The molecule has 1 aliphatic heterocycles. The highest BCUT2D eigenvalue weighted by Crippen LogP contribution is 2.46. The second-order valence-electron chi connectivity index (χ2n) is 9.70. The van der Waals surface area contributed by atoms with Gasteiger partial charge in [0.25, 0.3) is 0 Å². The maximum Gasteiger partial charge on any atom is 0.341 e. The summed E-state index contributed by atoms with van der Waals surface area (Å²) in [5.74, 6) is -0.420. The van der Waals surface area contributed by atoms with E-state index in [0.29, 0.717) is 45.7 Å². The fraction of sp³-hybridized carbons (Fsp3) is 0.400. The number of hydrogen-bond acceptors (Lipinski definition) is 7. The zero-order chi connectivity index (χ0) is 27.4. The number of ether oxygens (including phenoxy) is 3. The lowest BCUT2D eigenvalue weighted by Gasteiger charge is -2.35. The van der Waals surface area contributed by atoms with Gasteiger partial charge < -0.3 is 14.2 Å². The van der Waals surface area contributed by atoms with Crippen molar-refractivity contribution in [3.63, 3.8) is 0 Å². The number of benzene rings is 2. The molecule has 3 unspecified atom stereocenters. The van der Waals surface area contributed by atoms with Gasteiger partial charge >= 0.3 is 5.97 Å². The number of aliphatic imine (C=N–C) groups is 1. The van der Waals surface area contributed by atoms with Crippen LogP contribution in [0.2, 0.25) is 0 Å². The maximum absolute atomic E-state index is 13.4. The van der Waals surface area contributed by atoms with Gasteiger partial charge in [-0.15, -0.1) is 0 Å². The number of nitriles is 1. The lowest BCUT2D eigenvalue weighted by molar-refractivity contribution is -0.117. The van der Waals surface area contributed by atoms with Gasteiger partial charge in [-0.3, -0.25) is 9.79 Å². The van der Waals surface area contributed by atoms with E-state index in [0.717, 1.165) is 24.1 Å². The highest BCUT2D eigenvalue weighted by atomic mass is 79.9. The molecule has 1 aliphatic carbocycles. The summed E-state index contributed by atoms with van der Waals surface area (Å²) in [5.41, 5.74) is 3.77. The molecular weight excluding hydrogens is 548 g/mol. The van der Waals surface area contributed by atoms with E-state index >= 15 is 0 Å². The third kappa shape index (κ3) is 5.53. The van der Waals surface area contributed by atoms with Crippen LogP contribution in [0.1, 0.15) is 66.9 Å². The number of carbonyl (C=O) groups excluding carboxylic acids is 2. The highest BCUT2D eigenvalue weighted by molar-refractivity contribution is 9.10. The molecule has 38 heavy (non-hydrogen) atoms. The highest BCUT2D eigenvalue weighted by Gasteiger charge is 2.41. The summed E-state index contributed by atoms with van der Waals surface area (Å²) in [7, 11) is 2.90. The second-order valence-corrected chi connectivity index (χ2v) is 10.5.